The highest BCUT2D eigenvalue weighted by Gasteiger charge is 2.18. The van der Waals surface area contributed by atoms with E-state index in [4.69, 9.17) is 9.47 Å². The highest BCUT2D eigenvalue weighted by Crippen LogP contribution is 2.32. The number of unbranched alkanes of at least 4 members (excludes halogenated alkanes) is 1. The van der Waals surface area contributed by atoms with Crippen LogP contribution in [0, 0.1) is 0 Å². The minimum Gasteiger partial charge on any atom is -0.454 e. The smallest absolute Gasteiger partial charge is 0.311 e. The number of fused-ring (bicyclic) bond motifs is 1. The molecule has 0 aromatic heterocycles. The van der Waals surface area contributed by atoms with Crippen molar-refractivity contribution >= 4 is 11.8 Å². The molecule has 0 fully saturated rings. The molecule has 21 heavy (non-hydrogen) atoms. The molecule has 6 heteroatoms. The summed E-state index contributed by atoms with van der Waals surface area (Å²) in [4.78, 5) is 25.1. The van der Waals surface area contributed by atoms with Gasteiger partial charge in [0.25, 0.3) is 0 Å². The lowest BCUT2D eigenvalue weighted by molar-refractivity contribution is -0.145. The van der Waals surface area contributed by atoms with E-state index in [-0.39, 0.29) is 13.3 Å². The van der Waals surface area contributed by atoms with Gasteiger partial charge in [0, 0.05) is 20.1 Å². The Hall–Kier alpha value is -2.24. The molecule has 6 nitrogen and oxygen atoms in total. The van der Waals surface area contributed by atoms with Gasteiger partial charge in [-0.25, -0.2) is 0 Å². The molecule has 0 bridgehead atoms. The van der Waals surface area contributed by atoms with Crippen LogP contribution in [0.15, 0.2) is 18.2 Å². The number of carbonyl (C=O) groups is 2. The van der Waals surface area contributed by atoms with Crippen molar-refractivity contribution in [3.8, 4) is 11.5 Å². The van der Waals surface area contributed by atoms with Gasteiger partial charge in [-0.1, -0.05) is 19.4 Å². The van der Waals surface area contributed by atoms with E-state index in [0.717, 1.165) is 18.4 Å². The molecule has 0 unspecified atom stereocenters. The molecular weight excluding hydrogens is 272 g/mol. The van der Waals surface area contributed by atoms with Crippen LogP contribution in [0.1, 0.15) is 25.3 Å². The second-order valence-electron chi connectivity index (χ2n) is 4.95. The van der Waals surface area contributed by atoms with Crippen molar-refractivity contribution in [2.45, 2.75) is 26.3 Å². The molecule has 1 aromatic rings. The summed E-state index contributed by atoms with van der Waals surface area (Å²) in [6.45, 7) is 3.12. The number of benzene rings is 1. The molecule has 0 radical (unpaired) electrons. The maximum atomic E-state index is 11.8. The Kier molecular flexibility index (Phi) is 5.03. The van der Waals surface area contributed by atoms with Crippen molar-refractivity contribution < 1.29 is 19.1 Å². The third-order valence-corrected chi connectivity index (χ3v) is 3.28. The van der Waals surface area contributed by atoms with E-state index >= 15 is 0 Å². The summed E-state index contributed by atoms with van der Waals surface area (Å²) in [6, 6.07) is 5.42. The zero-order valence-corrected chi connectivity index (χ0v) is 12.3. The first kappa shape index (κ1) is 15.2. The lowest BCUT2D eigenvalue weighted by Gasteiger charge is -2.16. The minimum absolute atomic E-state index is 0.214. The van der Waals surface area contributed by atoms with Crippen LogP contribution in [0.4, 0.5) is 0 Å². The van der Waals surface area contributed by atoms with Gasteiger partial charge in [-0.2, -0.15) is 0 Å². The van der Waals surface area contributed by atoms with Crippen LogP contribution >= 0.6 is 0 Å². The van der Waals surface area contributed by atoms with Gasteiger partial charge in [0.2, 0.25) is 6.79 Å². The van der Waals surface area contributed by atoms with Gasteiger partial charge in [0.05, 0.1) is 0 Å². The Labute approximate surface area is 124 Å². The summed E-state index contributed by atoms with van der Waals surface area (Å²) < 4.78 is 10.5. The number of likely N-dealkylation sites (N-methyl/N-ethyl adjacent to an activating group) is 1. The maximum Gasteiger partial charge on any atom is 0.311 e. The second-order valence-corrected chi connectivity index (χ2v) is 4.95. The molecule has 1 N–H and O–H groups in total. The number of rotatable bonds is 5. The summed E-state index contributed by atoms with van der Waals surface area (Å²) in [5.74, 6) is 0.254. The molecular formula is C15H20N2O4. The Bertz CT molecular complexity index is 530. The van der Waals surface area contributed by atoms with Gasteiger partial charge in [-0.3, -0.25) is 9.59 Å². The van der Waals surface area contributed by atoms with Crippen molar-refractivity contribution in [1.82, 2.24) is 10.2 Å². The number of hydrogen-bond acceptors (Lipinski definition) is 4. The summed E-state index contributed by atoms with van der Waals surface area (Å²) in [5.41, 5.74) is 0.858. The fourth-order valence-corrected chi connectivity index (χ4v) is 1.98. The molecule has 1 aliphatic rings. The van der Waals surface area contributed by atoms with Crippen molar-refractivity contribution in [3.63, 3.8) is 0 Å². The van der Waals surface area contributed by atoms with E-state index < -0.39 is 11.8 Å². The fourth-order valence-electron chi connectivity index (χ4n) is 1.98. The quantitative estimate of drug-likeness (QED) is 0.830. The molecule has 0 saturated carbocycles. The Morgan fingerprint density at radius 2 is 2.05 bits per heavy atom. The van der Waals surface area contributed by atoms with E-state index in [0.29, 0.717) is 18.0 Å². The lowest BCUT2D eigenvalue weighted by atomic mass is 10.2. The van der Waals surface area contributed by atoms with Gasteiger partial charge < -0.3 is 19.7 Å². The number of ether oxygens (including phenoxy) is 2. The molecule has 2 rings (SSSR count). The topological polar surface area (TPSA) is 67.9 Å². The molecule has 1 aliphatic heterocycles. The third kappa shape index (κ3) is 3.87. The van der Waals surface area contributed by atoms with E-state index in [1.54, 1.807) is 19.2 Å². The van der Waals surface area contributed by atoms with Gasteiger partial charge in [-0.15, -0.1) is 0 Å². The van der Waals surface area contributed by atoms with Gasteiger partial charge in [-0.05, 0) is 24.1 Å². The van der Waals surface area contributed by atoms with Crippen LogP contribution in [-0.4, -0.2) is 37.1 Å². The monoisotopic (exact) mass is 292 g/mol. The van der Waals surface area contributed by atoms with Gasteiger partial charge >= 0.3 is 11.8 Å². The van der Waals surface area contributed by atoms with E-state index in [2.05, 4.69) is 5.32 Å². The number of nitrogens with zero attached hydrogens (tertiary/aromatic N) is 1. The predicted octanol–water partition coefficient (Wildman–Crippen LogP) is 1.29. The molecule has 1 heterocycles. The normalized spacial score (nSPS) is 12.1. The fraction of sp³-hybridized carbons (Fsp3) is 0.467. The highest BCUT2D eigenvalue weighted by molar-refractivity contribution is 6.34. The van der Waals surface area contributed by atoms with Crippen LogP contribution in [0.2, 0.25) is 0 Å². The Morgan fingerprint density at radius 1 is 1.29 bits per heavy atom. The largest absolute Gasteiger partial charge is 0.454 e. The second kappa shape index (κ2) is 6.97. The van der Waals surface area contributed by atoms with Crippen LogP contribution in [0.3, 0.4) is 0 Å². The summed E-state index contributed by atoms with van der Waals surface area (Å²) in [5, 5.41) is 2.62. The maximum absolute atomic E-state index is 11.8. The molecule has 0 saturated heterocycles. The highest BCUT2D eigenvalue weighted by atomic mass is 16.7. The Morgan fingerprint density at radius 3 is 2.81 bits per heavy atom. The molecule has 0 atom stereocenters. The standard InChI is InChI=1S/C15H20N2O4/c1-3-4-7-17(2)15(19)14(18)16-9-11-5-6-12-13(8-11)21-10-20-12/h5-6,8H,3-4,7,9-10H2,1-2H3,(H,16,18). The summed E-state index contributed by atoms with van der Waals surface area (Å²) >= 11 is 0. The van der Waals surface area contributed by atoms with E-state index in [9.17, 15) is 9.59 Å². The van der Waals surface area contributed by atoms with Crippen molar-refractivity contribution in [1.29, 1.82) is 0 Å². The third-order valence-electron chi connectivity index (χ3n) is 3.28. The minimum atomic E-state index is -0.591. The number of nitrogens with one attached hydrogen (secondary N) is 1. The number of amides is 2. The zero-order chi connectivity index (χ0) is 15.2. The van der Waals surface area contributed by atoms with Crippen LogP contribution < -0.4 is 14.8 Å². The van der Waals surface area contributed by atoms with Crippen molar-refractivity contribution in [3.05, 3.63) is 23.8 Å². The first-order valence-corrected chi connectivity index (χ1v) is 7.03. The number of carbonyl (C=O) groups excluding carboxylic acids is 2. The van der Waals surface area contributed by atoms with Crippen LogP contribution in [-0.2, 0) is 16.1 Å². The zero-order valence-electron chi connectivity index (χ0n) is 12.3. The van der Waals surface area contributed by atoms with Crippen LogP contribution in [0.25, 0.3) is 0 Å². The molecule has 2 amide bonds. The SMILES string of the molecule is CCCCN(C)C(=O)C(=O)NCc1ccc2c(c1)OCO2. The summed E-state index contributed by atoms with van der Waals surface area (Å²) in [6.07, 6.45) is 1.87. The average molecular weight is 292 g/mol. The first-order chi connectivity index (χ1) is 10.1. The van der Waals surface area contributed by atoms with Crippen molar-refractivity contribution in [2.24, 2.45) is 0 Å². The molecule has 114 valence electrons. The predicted molar refractivity (Wildman–Crippen MR) is 77.0 cm³/mol. The van der Waals surface area contributed by atoms with Crippen LogP contribution in [0.5, 0.6) is 11.5 Å². The summed E-state index contributed by atoms with van der Waals surface area (Å²) in [7, 11) is 1.64. The first-order valence-electron chi connectivity index (χ1n) is 7.03. The van der Waals surface area contributed by atoms with Gasteiger partial charge in [0.1, 0.15) is 0 Å². The van der Waals surface area contributed by atoms with Gasteiger partial charge in [0.15, 0.2) is 11.5 Å². The molecule has 0 aliphatic carbocycles. The number of hydrogen-bond donors (Lipinski definition) is 1. The lowest BCUT2D eigenvalue weighted by Crippen LogP contribution is -2.41. The molecule has 1 aromatic carbocycles. The van der Waals surface area contributed by atoms with Crippen molar-refractivity contribution in [2.75, 3.05) is 20.4 Å². The van der Waals surface area contributed by atoms with E-state index in [1.165, 1.54) is 4.90 Å². The average Bonchev–Trinajstić information content (AvgIpc) is 2.96. The van der Waals surface area contributed by atoms with E-state index in [1.807, 2.05) is 13.0 Å². The Balaban J connectivity index is 1.84. The molecule has 0 spiro atoms.